The van der Waals surface area contributed by atoms with E-state index in [9.17, 15) is 12.8 Å². The van der Waals surface area contributed by atoms with E-state index < -0.39 is 10.2 Å². The van der Waals surface area contributed by atoms with E-state index in [1.165, 1.54) is 16.4 Å². The third-order valence-electron chi connectivity index (χ3n) is 4.93. The summed E-state index contributed by atoms with van der Waals surface area (Å²) >= 11 is 0. The zero-order valence-electron chi connectivity index (χ0n) is 15.8. The predicted octanol–water partition coefficient (Wildman–Crippen LogP) is 2.07. The van der Waals surface area contributed by atoms with E-state index in [0.29, 0.717) is 13.2 Å². The standard InChI is InChI=1S/C18H25FN4O3S/c1-13-18(14(2)23(21-13)16-8-6-15(19)7-9-16)11-20-27(24,25)22-10-4-5-17(22)12-26-3/h6-9,17,20H,4-5,10-12H2,1-3H3/t17-/m1/s1. The molecule has 1 aromatic heterocycles. The topological polar surface area (TPSA) is 76.5 Å². The minimum absolute atomic E-state index is 0.128. The molecule has 0 unspecified atom stereocenters. The quantitative estimate of drug-likeness (QED) is 0.777. The van der Waals surface area contributed by atoms with E-state index in [4.69, 9.17) is 4.74 Å². The van der Waals surface area contributed by atoms with Crippen molar-refractivity contribution in [2.45, 2.75) is 39.3 Å². The number of hydrogen-bond donors (Lipinski definition) is 1. The zero-order valence-corrected chi connectivity index (χ0v) is 16.6. The first-order valence-electron chi connectivity index (χ1n) is 8.90. The van der Waals surface area contributed by atoms with Gasteiger partial charge in [0.25, 0.3) is 10.2 Å². The molecule has 27 heavy (non-hydrogen) atoms. The van der Waals surface area contributed by atoms with E-state index in [2.05, 4.69) is 9.82 Å². The Morgan fingerprint density at radius 2 is 2.00 bits per heavy atom. The molecule has 1 aliphatic rings. The van der Waals surface area contributed by atoms with Crippen LogP contribution < -0.4 is 4.72 Å². The molecule has 148 valence electrons. The fourth-order valence-electron chi connectivity index (χ4n) is 3.50. The minimum atomic E-state index is -3.61. The maximum absolute atomic E-state index is 13.2. The van der Waals surface area contributed by atoms with Gasteiger partial charge in [-0.3, -0.25) is 0 Å². The summed E-state index contributed by atoms with van der Waals surface area (Å²) in [4.78, 5) is 0. The summed E-state index contributed by atoms with van der Waals surface area (Å²) in [5.74, 6) is -0.315. The average molecular weight is 396 g/mol. The molecule has 1 saturated heterocycles. The number of halogens is 1. The Balaban J connectivity index is 1.77. The molecule has 1 N–H and O–H groups in total. The van der Waals surface area contributed by atoms with Gasteiger partial charge in [0.2, 0.25) is 0 Å². The summed E-state index contributed by atoms with van der Waals surface area (Å²) in [6, 6.07) is 5.90. The van der Waals surface area contributed by atoms with Crippen LogP contribution in [0.2, 0.25) is 0 Å². The molecular formula is C18H25FN4O3S. The summed E-state index contributed by atoms with van der Waals surface area (Å²) in [6.07, 6.45) is 1.63. The molecule has 2 heterocycles. The lowest BCUT2D eigenvalue weighted by Crippen LogP contribution is -2.44. The van der Waals surface area contributed by atoms with Crippen molar-refractivity contribution in [1.82, 2.24) is 18.8 Å². The SMILES string of the molecule is COC[C@H]1CCCN1S(=O)(=O)NCc1c(C)nn(-c2ccc(F)cc2)c1C. The third-order valence-corrected chi connectivity index (χ3v) is 6.54. The first-order valence-corrected chi connectivity index (χ1v) is 10.3. The molecule has 7 nitrogen and oxygen atoms in total. The number of aromatic nitrogens is 2. The molecule has 0 bridgehead atoms. The molecule has 1 aliphatic heterocycles. The van der Waals surface area contributed by atoms with E-state index in [1.807, 2.05) is 13.8 Å². The van der Waals surface area contributed by atoms with Crippen LogP contribution in [-0.4, -0.2) is 48.8 Å². The van der Waals surface area contributed by atoms with Crippen LogP contribution in [0, 0.1) is 19.7 Å². The summed E-state index contributed by atoms with van der Waals surface area (Å²) in [6.45, 7) is 4.74. The minimum Gasteiger partial charge on any atom is -0.383 e. The Kier molecular flexibility index (Phi) is 5.95. The van der Waals surface area contributed by atoms with Crippen molar-refractivity contribution in [2.75, 3.05) is 20.3 Å². The highest BCUT2D eigenvalue weighted by Crippen LogP contribution is 2.22. The summed E-state index contributed by atoms with van der Waals surface area (Å²) in [5.41, 5.74) is 3.09. The Morgan fingerprint density at radius 1 is 1.30 bits per heavy atom. The number of aryl methyl sites for hydroxylation is 1. The van der Waals surface area contributed by atoms with E-state index in [1.54, 1.807) is 23.9 Å². The van der Waals surface area contributed by atoms with Gasteiger partial charge in [-0.1, -0.05) is 0 Å². The number of methoxy groups -OCH3 is 1. The maximum atomic E-state index is 13.2. The van der Waals surface area contributed by atoms with Gasteiger partial charge < -0.3 is 4.74 Å². The van der Waals surface area contributed by atoms with Crippen molar-refractivity contribution in [1.29, 1.82) is 0 Å². The van der Waals surface area contributed by atoms with Crippen molar-refractivity contribution in [2.24, 2.45) is 0 Å². The molecule has 0 radical (unpaired) electrons. The van der Waals surface area contributed by atoms with Crippen molar-refractivity contribution < 1.29 is 17.5 Å². The van der Waals surface area contributed by atoms with Gasteiger partial charge in [0.15, 0.2) is 0 Å². The van der Waals surface area contributed by atoms with E-state index in [-0.39, 0.29) is 18.4 Å². The second-order valence-corrected chi connectivity index (χ2v) is 8.43. The predicted molar refractivity (Wildman–Crippen MR) is 100 cm³/mol. The molecule has 0 aliphatic carbocycles. The van der Waals surface area contributed by atoms with Gasteiger partial charge >= 0.3 is 0 Å². The average Bonchev–Trinajstić information content (AvgIpc) is 3.20. The van der Waals surface area contributed by atoms with Gasteiger partial charge in [0.1, 0.15) is 5.82 Å². The molecule has 9 heteroatoms. The van der Waals surface area contributed by atoms with Gasteiger partial charge in [-0.2, -0.15) is 22.5 Å². The highest BCUT2D eigenvalue weighted by atomic mass is 32.2. The number of nitrogens with zero attached hydrogens (tertiary/aromatic N) is 3. The molecule has 0 spiro atoms. The van der Waals surface area contributed by atoms with Crippen LogP contribution in [0.3, 0.4) is 0 Å². The van der Waals surface area contributed by atoms with E-state index >= 15 is 0 Å². The highest BCUT2D eigenvalue weighted by Gasteiger charge is 2.34. The number of rotatable bonds is 7. The lowest BCUT2D eigenvalue weighted by Gasteiger charge is -2.23. The molecule has 0 amide bonds. The summed E-state index contributed by atoms with van der Waals surface area (Å²) < 4.78 is 49.6. The van der Waals surface area contributed by atoms with Crippen LogP contribution >= 0.6 is 0 Å². The summed E-state index contributed by atoms with van der Waals surface area (Å²) in [5, 5.41) is 4.48. The second-order valence-electron chi connectivity index (χ2n) is 6.73. The zero-order chi connectivity index (χ0) is 19.6. The van der Waals surface area contributed by atoms with Gasteiger partial charge in [-0.15, -0.1) is 0 Å². The number of nitrogens with one attached hydrogen (secondary N) is 1. The third kappa shape index (κ3) is 4.21. The van der Waals surface area contributed by atoms with Crippen molar-refractivity contribution >= 4 is 10.2 Å². The fraction of sp³-hybridized carbons (Fsp3) is 0.500. The van der Waals surface area contributed by atoms with Gasteiger partial charge in [0, 0.05) is 37.5 Å². The Morgan fingerprint density at radius 3 is 2.67 bits per heavy atom. The molecule has 1 fully saturated rings. The smallest absolute Gasteiger partial charge is 0.280 e. The van der Waals surface area contributed by atoms with E-state index in [0.717, 1.165) is 35.5 Å². The van der Waals surface area contributed by atoms with Gasteiger partial charge in [-0.25, -0.2) is 9.07 Å². The maximum Gasteiger partial charge on any atom is 0.280 e. The van der Waals surface area contributed by atoms with Crippen molar-refractivity contribution in [3.8, 4) is 5.69 Å². The number of benzene rings is 1. The normalized spacial score (nSPS) is 18.3. The molecule has 0 saturated carbocycles. The monoisotopic (exact) mass is 396 g/mol. The van der Waals surface area contributed by atoms with Gasteiger partial charge in [-0.05, 0) is 51.0 Å². The summed E-state index contributed by atoms with van der Waals surface area (Å²) in [7, 11) is -2.03. The van der Waals surface area contributed by atoms with Crippen LogP contribution in [0.5, 0.6) is 0 Å². The number of ether oxygens (including phenoxy) is 1. The molecule has 3 rings (SSSR count). The molecule has 2 aromatic rings. The largest absolute Gasteiger partial charge is 0.383 e. The second kappa shape index (κ2) is 8.05. The first kappa shape index (κ1) is 19.9. The Labute approximate surface area is 159 Å². The lowest BCUT2D eigenvalue weighted by atomic mass is 10.2. The van der Waals surface area contributed by atoms with Gasteiger partial charge in [0.05, 0.1) is 18.0 Å². The molecule has 1 aromatic carbocycles. The Hall–Kier alpha value is -1.81. The Bertz CT molecular complexity index is 896. The highest BCUT2D eigenvalue weighted by molar-refractivity contribution is 7.87. The van der Waals surface area contributed by atoms with Crippen molar-refractivity contribution in [3.05, 3.63) is 47.0 Å². The molecule has 1 atom stereocenters. The number of hydrogen-bond acceptors (Lipinski definition) is 4. The first-order chi connectivity index (χ1) is 12.8. The fourth-order valence-corrected chi connectivity index (χ4v) is 4.92. The van der Waals surface area contributed by atoms with Crippen LogP contribution in [0.1, 0.15) is 29.8 Å². The van der Waals surface area contributed by atoms with Crippen LogP contribution in [-0.2, 0) is 21.5 Å². The van der Waals surface area contributed by atoms with Crippen molar-refractivity contribution in [3.63, 3.8) is 0 Å². The lowest BCUT2D eigenvalue weighted by molar-refractivity contribution is 0.148. The van der Waals surface area contributed by atoms with Crippen LogP contribution in [0.25, 0.3) is 5.69 Å². The van der Waals surface area contributed by atoms with Crippen LogP contribution in [0.4, 0.5) is 4.39 Å². The molecular weight excluding hydrogens is 371 g/mol. The van der Waals surface area contributed by atoms with Crippen LogP contribution in [0.15, 0.2) is 24.3 Å².